The molecule has 0 aromatic heterocycles. The monoisotopic (exact) mass is 634 g/mol. The smallest absolute Gasteiger partial charge is 0.224 e. The van der Waals surface area contributed by atoms with Crippen LogP contribution >= 0.6 is 67.8 Å². The minimum Gasteiger partial charge on any atom is -0.326 e. The predicted molar refractivity (Wildman–Crippen MR) is 105 cm³/mol. The minimum absolute atomic E-state index is 0.117. The second kappa shape index (κ2) is 8.43. The van der Waals surface area contributed by atoms with Gasteiger partial charge in [0, 0.05) is 29.4 Å². The molecule has 1 rings (SSSR count). The Morgan fingerprint density at radius 2 is 1.75 bits per heavy atom. The van der Waals surface area contributed by atoms with E-state index >= 15 is 0 Å². The van der Waals surface area contributed by atoms with Crippen LogP contribution in [-0.2, 0) is 14.8 Å². The highest BCUT2D eigenvalue weighted by atomic mass is 127. The Kier molecular flexibility index (Phi) is 7.94. The molecule has 0 aliphatic carbocycles. The maximum atomic E-state index is 11.7. The first-order valence-electron chi connectivity index (χ1n) is 5.58. The quantitative estimate of drug-likeness (QED) is 0.288. The minimum atomic E-state index is -3.18. The molecule has 1 amide bonds. The first kappa shape index (κ1) is 18.8. The molecule has 1 aromatic carbocycles. The Morgan fingerprint density at radius 1 is 1.20 bits per heavy atom. The fourth-order valence-corrected chi connectivity index (χ4v) is 3.95. The van der Waals surface area contributed by atoms with Crippen molar-refractivity contribution in [3.05, 3.63) is 22.8 Å². The van der Waals surface area contributed by atoms with Gasteiger partial charge in [-0.15, -0.1) is 0 Å². The molecule has 0 bridgehead atoms. The number of hydrogen-bond acceptors (Lipinski definition) is 3. The fourth-order valence-electron chi connectivity index (χ4n) is 1.36. The maximum absolute atomic E-state index is 11.7. The number of carbonyl (C=O) groups excluding carboxylic acids is 1. The van der Waals surface area contributed by atoms with Gasteiger partial charge < -0.3 is 5.32 Å². The van der Waals surface area contributed by atoms with Crippen LogP contribution in [0.5, 0.6) is 0 Å². The lowest BCUT2D eigenvalue weighted by molar-refractivity contribution is -0.116. The highest BCUT2D eigenvalue weighted by molar-refractivity contribution is 14.1. The van der Waals surface area contributed by atoms with Crippen molar-refractivity contribution in [2.75, 3.05) is 18.1 Å². The summed E-state index contributed by atoms with van der Waals surface area (Å²) >= 11 is 6.71. The molecule has 2 N–H and O–H groups in total. The van der Waals surface area contributed by atoms with E-state index in [4.69, 9.17) is 0 Å². The molecule has 112 valence electrons. The van der Waals surface area contributed by atoms with Crippen molar-refractivity contribution in [2.24, 2.45) is 0 Å². The fraction of sp³-hybridized carbons (Fsp3) is 0.364. The van der Waals surface area contributed by atoms with E-state index in [-0.39, 0.29) is 18.9 Å². The Labute approximate surface area is 159 Å². The Balaban J connectivity index is 2.47. The molecule has 0 aliphatic heterocycles. The molecule has 0 atom stereocenters. The standard InChI is InChI=1S/C11H13I3N2O3S/c1-20(18,19)15-4-2-3-10(17)16-7-5-8(12)11(14)9(13)6-7/h5-6,15H,2-4H2,1H3,(H,16,17). The van der Waals surface area contributed by atoms with E-state index in [1.165, 1.54) is 3.57 Å². The van der Waals surface area contributed by atoms with Gasteiger partial charge in [-0.05, 0) is 86.3 Å². The highest BCUT2D eigenvalue weighted by Gasteiger charge is 2.08. The van der Waals surface area contributed by atoms with E-state index < -0.39 is 10.0 Å². The third-order valence-corrected chi connectivity index (χ3v) is 7.87. The number of benzene rings is 1. The van der Waals surface area contributed by atoms with Crippen molar-refractivity contribution in [2.45, 2.75) is 12.8 Å². The largest absolute Gasteiger partial charge is 0.326 e. The van der Waals surface area contributed by atoms with Gasteiger partial charge in [-0.3, -0.25) is 4.79 Å². The van der Waals surface area contributed by atoms with Crippen LogP contribution in [0.4, 0.5) is 5.69 Å². The first-order valence-corrected chi connectivity index (χ1v) is 10.7. The van der Waals surface area contributed by atoms with Crippen molar-refractivity contribution >= 4 is 89.4 Å². The van der Waals surface area contributed by atoms with Gasteiger partial charge in [0.05, 0.1) is 6.26 Å². The molecule has 0 heterocycles. The third-order valence-electron chi connectivity index (χ3n) is 2.21. The second-order valence-corrected chi connectivity index (χ2v) is 9.31. The number of hydrogen-bond donors (Lipinski definition) is 2. The molecule has 0 aliphatic rings. The molecule has 0 saturated carbocycles. The molecule has 0 spiro atoms. The average molecular weight is 634 g/mol. The average Bonchev–Trinajstić information content (AvgIpc) is 2.30. The van der Waals surface area contributed by atoms with E-state index in [1.807, 2.05) is 12.1 Å². The predicted octanol–water partition coefficient (Wildman–Crippen LogP) is 2.77. The highest BCUT2D eigenvalue weighted by Crippen LogP contribution is 2.25. The second-order valence-electron chi connectivity index (χ2n) is 4.07. The SMILES string of the molecule is CS(=O)(=O)NCCCC(=O)Nc1cc(I)c(I)c(I)c1. The van der Waals surface area contributed by atoms with E-state index in [0.717, 1.165) is 19.1 Å². The number of nitrogens with one attached hydrogen (secondary N) is 2. The van der Waals surface area contributed by atoms with Crippen LogP contribution in [0.25, 0.3) is 0 Å². The van der Waals surface area contributed by atoms with E-state index in [9.17, 15) is 13.2 Å². The lowest BCUT2D eigenvalue weighted by Gasteiger charge is -2.08. The Hall–Kier alpha value is 0.790. The number of carbonyl (C=O) groups is 1. The summed E-state index contributed by atoms with van der Waals surface area (Å²) in [4.78, 5) is 11.7. The van der Waals surface area contributed by atoms with Crippen molar-refractivity contribution in [1.82, 2.24) is 4.72 Å². The molecule has 0 unspecified atom stereocenters. The number of rotatable bonds is 6. The molecule has 0 radical (unpaired) electrons. The first-order chi connectivity index (χ1) is 9.19. The van der Waals surface area contributed by atoms with Crippen LogP contribution in [0.1, 0.15) is 12.8 Å². The zero-order chi connectivity index (χ0) is 15.3. The number of sulfonamides is 1. The van der Waals surface area contributed by atoms with Crippen LogP contribution in [0.15, 0.2) is 12.1 Å². The zero-order valence-electron chi connectivity index (χ0n) is 10.5. The van der Waals surface area contributed by atoms with Crippen LogP contribution < -0.4 is 10.0 Å². The summed E-state index contributed by atoms with van der Waals surface area (Å²) in [5.74, 6) is -0.117. The summed E-state index contributed by atoms with van der Waals surface area (Å²) in [5, 5.41) is 2.82. The summed E-state index contributed by atoms with van der Waals surface area (Å²) in [7, 11) is -3.18. The normalized spacial score (nSPS) is 11.4. The van der Waals surface area contributed by atoms with Crippen LogP contribution in [-0.4, -0.2) is 27.1 Å². The van der Waals surface area contributed by atoms with E-state index in [0.29, 0.717) is 6.42 Å². The van der Waals surface area contributed by atoms with Crippen molar-refractivity contribution < 1.29 is 13.2 Å². The number of anilines is 1. The van der Waals surface area contributed by atoms with Gasteiger partial charge in [-0.1, -0.05) is 0 Å². The molecule has 0 fully saturated rings. The molecule has 1 aromatic rings. The molecule has 9 heteroatoms. The number of amides is 1. The van der Waals surface area contributed by atoms with Gasteiger partial charge in [0.15, 0.2) is 0 Å². The number of halogens is 3. The van der Waals surface area contributed by atoms with E-state index in [1.54, 1.807) is 0 Å². The van der Waals surface area contributed by atoms with Gasteiger partial charge in [-0.2, -0.15) is 0 Å². The Morgan fingerprint density at radius 3 is 2.25 bits per heavy atom. The summed E-state index contributed by atoms with van der Waals surface area (Å²) < 4.78 is 27.4. The molecule has 20 heavy (non-hydrogen) atoms. The molecule has 5 nitrogen and oxygen atoms in total. The van der Waals surface area contributed by atoms with Gasteiger partial charge >= 0.3 is 0 Å². The molecular weight excluding hydrogens is 621 g/mol. The zero-order valence-corrected chi connectivity index (χ0v) is 17.8. The van der Waals surface area contributed by atoms with E-state index in [2.05, 4.69) is 77.8 Å². The van der Waals surface area contributed by atoms with Gasteiger partial charge in [0.2, 0.25) is 15.9 Å². The lowest BCUT2D eigenvalue weighted by Crippen LogP contribution is -2.24. The van der Waals surface area contributed by atoms with Crippen molar-refractivity contribution in [1.29, 1.82) is 0 Å². The topological polar surface area (TPSA) is 75.3 Å². The van der Waals surface area contributed by atoms with Gasteiger partial charge in [-0.25, -0.2) is 13.1 Å². The van der Waals surface area contributed by atoms with Gasteiger partial charge in [0.1, 0.15) is 0 Å². The Bertz CT molecular complexity index is 582. The van der Waals surface area contributed by atoms with Crippen LogP contribution in [0.2, 0.25) is 0 Å². The summed E-state index contributed by atoms with van der Waals surface area (Å²) in [6.07, 6.45) is 1.85. The van der Waals surface area contributed by atoms with Crippen molar-refractivity contribution in [3.8, 4) is 0 Å². The van der Waals surface area contributed by atoms with Crippen LogP contribution in [0.3, 0.4) is 0 Å². The summed E-state index contributed by atoms with van der Waals surface area (Å²) in [5.41, 5.74) is 0.764. The van der Waals surface area contributed by atoms with Gasteiger partial charge in [0.25, 0.3) is 0 Å². The van der Waals surface area contributed by atoms with Crippen molar-refractivity contribution in [3.63, 3.8) is 0 Å². The summed E-state index contributed by atoms with van der Waals surface area (Å²) in [6.45, 7) is 0.272. The van der Waals surface area contributed by atoms with Crippen LogP contribution in [0, 0.1) is 10.7 Å². The maximum Gasteiger partial charge on any atom is 0.224 e. The third kappa shape index (κ3) is 7.17. The molecule has 0 saturated heterocycles. The molecular formula is C11H13I3N2O3S. The lowest BCUT2D eigenvalue weighted by atomic mass is 10.2. The summed E-state index contributed by atoms with van der Waals surface area (Å²) in [6, 6.07) is 3.83.